The number of rotatable bonds is 3. The van der Waals surface area contributed by atoms with Gasteiger partial charge in [0.2, 0.25) is 0 Å². The average molecular weight is 290 g/mol. The van der Waals surface area contributed by atoms with Crippen LogP contribution in [0.25, 0.3) is 11.1 Å². The highest BCUT2D eigenvalue weighted by atomic mass is 32.2. The van der Waals surface area contributed by atoms with Crippen molar-refractivity contribution in [3.63, 3.8) is 0 Å². The number of fused-ring (bicyclic) bond motifs is 1. The Bertz CT molecular complexity index is 791. The van der Waals surface area contributed by atoms with Crippen LogP contribution in [0.3, 0.4) is 0 Å². The Morgan fingerprint density at radius 1 is 1.25 bits per heavy atom. The maximum Gasteiger partial charge on any atom is 0.253 e. The van der Waals surface area contributed by atoms with E-state index in [1.165, 1.54) is 12.4 Å². The van der Waals surface area contributed by atoms with Crippen LogP contribution in [0.15, 0.2) is 30.6 Å². The molecule has 0 radical (unpaired) electrons. The van der Waals surface area contributed by atoms with Gasteiger partial charge in [-0.15, -0.1) is 0 Å². The maximum atomic E-state index is 11.7. The van der Waals surface area contributed by atoms with Gasteiger partial charge in [-0.25, -0.2) is 8.42 Å². The smallest absolute Gasteiger partial charge is 0.253 e. The van der Waals surface area contributed by atoms with E-state index in [1.54, 1.807) is 6.92 Å². The monoisotopic (exact) mass is 290 g/mol. The Labute approximate surface area is 117 Å². The first kappa shape index (κ1) is 13.1. The van der Waals surface area contributed by atoms with Crippen molar-refractivity contribution in [3.8, 4) is 11.1 Å². The number of hydrogen-bond acceptors (Lipinski definition) is 4. The van der Waals surface area contributed by atoms with Crippen LogP contribution in [0.2, 0.25) is 0 Å². The van der Waals surface area contributed by atoms with Crippen LogP contribution < -0.4 is 0 Å². The summed E-state index contributed by atoms with van der Waals surface area (Å²) in [6.45, 7) is 1.58. The van der Waals surface area contributed by atoms with Gasteiger partial charge in [0.15, 0.2) is 5.78 Å². The molecule has 0 N–H and O–H groups in total. The minimum Gasteiger partial charge on any atom is -0.294 e. The summed E-state index contributed by atoms with van der Waals surface area (Å²) in [5, 5.41) is 3.91. The molecular weight excluding hydrogens is 276 g/mol. The molecule has 0 bridgehead atoms. The molecule has 0 saturated heterocycles. The van der Waals surface area contributed by atoms with Crippen molar-refractivity contribution in [2.24, 2.45) is 0 Å². The average Bonchev–Trinajstić information content (AvgIpc) is 3.06. The summed E-state index contributed by atoms with van der Waals surface area (Å²) < 4.78 is 24.5. The second kappa shape index (κ2) is 4.56. The fraction of sp³-hybridized carbons (Fsp3) is 0.286. The molecule has 0 atom stereocenters. The van der Waals surface area contributed by atoms with Crippen molar-refractivity contribution in [3.05, 3.63) is 41.7 Å². The number of aryl methyl sites for hydroxylation is 1. The van der Waals surface area contributed by atoms with Crippen LogP contribution in [0.5, 0.6) is 0 Å². The molecule has 0 fully saturated rings. The second-order valence-corrected chi connectivity index (χ2v) is 6.91. The minimum absolute atomic E-state index is 0.00676. The van der Waals surface area contributed by atoms with Crippen LogP contribution in [-0.2, 0) is 16.4 Å². The number of aromatic nitrogens is 2. The van der Waals surface area contributed by atoms with Crippen molar-refractivity contribution < 1.29 is 13.2 Å². The van der Waals surface area contributed by atoms with Crippen molar-refractivity contribution in [2.45, 2.75) is 19.8 Å². The number of benzene rings is 1. The van der Waals surface area contributed by atoms with Crippen molar-refractivity contribution in [1.29, 1.82) is 0 Å². The predicted octanol–water partition coefficient (Wildman–Crippen LogP) is 1.88. The quantitative estimate of drug-likeness (QED) is 0.865. The van der Waals surface area contributed by atoms with Gasteiger partial charge in [0.1, 0.15) is 0 Å². The number of nitrogens with zero attached hydrogens (tertiary/aromatic N) is 2. The Hall–Kier alpha value is -1.95. The summed E-state index contributed by atoms with van der Waals surface area (Å²) in [4.78, 5) is 11.6. The van der Waals surface area contributed by atoms with Gasteiger partial charge in [0.25, 0.3) is 10.0 Å². The Balaban J connectivity index is 2.01. The van der Waals surface area contributed by atoms with E-state index in [0.29, 0.717) is 6.42 Å². The molecule has 0 unspecified atom stereocenters. The van der Waals surface area contributed by atoms with Gasteiger partial charge >= 0.3 is 0 Å². The third kappa shape index (κ3) is 2.06. The van der Waals surface area contributed by atoms with E-state index in [4.69, 9.17) is 0 Å². The standard InChI is InChI=1S/C14H14N2O3S/c1-2-20(18,19)16-9-12(8-15-16)10-3-5-13-11(7-10)4-6-14(13)17/h3,5,7-9H,2,4,6H2,1H3. The Kier molecular flexibility index (Phi) is 2.97. The molecule has 0 spiro atoms. The Morgan fingerprint density at radius 3 is 2.80 bits per heavy atom. The fourth-order valence-electron chi connectivity index (χ4n) is 2.37. The largest absolute Gasteiger partial charge is 0.294 e. The van der Waals surface area contributed by atoms with Crippen LogP contribution in [0, 0.1) is 0 Å². The fourth-order valence-corrected chi connectivity index (χ4v) is 3.10. The topological polar surface area (TPSA) is 69.0 Å². The van der Waals surface area contributed by atoms with Crippen LogP contribution in [-0.4, -0.2) is 29.1 Å². The highest BCUT2D eigenvalue weighted by Gasteiger charge is 2.20. The van der Waals surface area contributed by atoms with Gasteiger partial charge in [-0.05, 0) is 24.5 Å². The maximum absolute atomic E-state index is 11.7. The van der Waals surface area contributed by atoms with Gasteiger partial charge in [-0.3, -0.25) is 4.79 Å². The molecule has 1 aromatic heterocycles. The number of hydrogen-bond donors (Lipinski definition) is 0. The summed E-state index contributed by atoms with van der Waals surface area (Å²) >= 11 is 0. The zero-order chi connectivity index (χ0) is 14.3. The molecular formula is C14H14N2O3S. The molecule has 6 heteroatoms. The van der Waals surface area contributed by atoms with E-state index in [2.05, 4.69) is 5.10 Å². The molecule has 3 rings (SSSR count). The summed E-state index contributed by atoms with van der Waals surface area (Å²) in [6.07, 6.45) is 4.36. The first-order chi connectivity index (χ1) is 9.51. The molecule has 0 saturated carbocycles. The molecule has 1 heterocycles. The van der Waals surface area contributed by atoms with E-state index in [1.807, 2.05) is 18.2 Å². The van der Waals surface area contributed by atoms with Gasteiger partial charge in [0.05, 0.1) is 18.1 Å². The summed E-state index contributed by atoms with van der Waals surface area (Å²) in [5.74, 6) is 0.183. The molecule has 5 nitrogen and oxygen atoms in total. The molecule has 0 amide bonds. The highest BCUT2D eigenvalue weighted by molar-refractivity contribution is 7.89. The first-order valence-corrected chi connectivity index (χ1v) is 8.06. The molecule has 1 aliphatic carbocycles. The molecule has 1 aromatic carbocycles. The van der Waals surface area contributed by atoms with Gasteiger partial charge in [-0.1, -0.05) is 18.2 Å². The first-order valence-electron chi connectivity index (χ1n) is 6.45. The van der Waals surface area contributed by atoms with Crippen LogP contribution in [0.1, 0.15) is 29.3 Å². The number of Topliss-reactive ketones (excluding diaryl/α,β-unsaturated/α-hetero) is 1. The van der Waals surface area contributed by atoms with Crippen molar-refractivity contribution in [1.82, 2.24) is 9.19 Å². The summed E-state index contributed by atoms with van der Waals surface area (Å²) in [7, 11) is -3.35. The minimum atomic E-state index is -3.35. The molecule has 20 heavy (non-hydrogen) atoms. The normalized spacial score (nSPS) is 14.6. The lowest BCUT2D eigenvalue weighted by molar-refractivity contribution is 0.0994. The zero-order valence-corrected chi connectivity index (χ0v) is 11.9. The third-order valence-electron chi connectivity index (χ3n) is 3.57. The number of ketones is 1. The van der Waals surface area contributed by atoms with E-state index < -0.39 is 10.0 Å². The third-order valence-corrected chi connectivity index (χ3v) is 5.07. The van der Waals surface area contributed by atoms with Gasteiger partial charge in [-0.2, -0.15) is 9.19 Å². The lowest BCUT2D eigenvalue weighted by Crippen LogP contribution is -2.14. The van der Waals surface area contributed by atoms with Gasteiger partial charge in [0, 0.05) is 17.5 Å². The molecule has 104 valence electrons. The summed E-state index contributed by atoms with van der Waals surface area (Å²) in [6, 6.07) is 5.59. The van der Waals surface area contributed by atoms with E-state index in [0.717, 1.165) is 32.8 Å². The number of carbonyl (C=O) groups excluding carboxylic acids is 1. The SMILES string of the molecule is CCS(=O)(=O)n1cc(-c2ccc3c(c2)CCC3=O)cn1. The van der Waals surface area contributed by atoms with Crippen molar-refractivity contribution in [2.75, 3.05) is 5.75 Å². The van der Waals surface area contributed by atoms with Crippen LogP contribution >= 0.6 is 0 Å². The van der Waals surface area contributed by atoms with E-state index in [-0.39, 0.29) is 11.5 Å². The molecule has 2 aromatic rings. The summed E-state index contributed by atoms with van der Waals surface area (Å²) in [5.41, 5.74) is 3.43. The van der Waals surface area contributed by atoms with E-state index in [9.17, 15) is 13.2 Å². The lowest BCUT2D eigenvalue weighted by atomic mass is 10.0. The molecule has 1 aliphatic rings. The zero-order valence-electron chi connectivity index (χ0n) is 11.0. The lowest BCUT2D eigenvalue weighted by Gasteiger charge is -2.02. The number of carbonyl (C=O) groups is 1. The highest BCUT2D eigenvalue weighted by Crippen LogP contribution is 2.28. The van der Waals surface area contributed by atoms with Gasteiger partial charge < -0.3 is 0 Å². The van der Waals surface area contributed by atoms with Crippen molar-refractivity contribution >= 4 is 15.8 Å². The second-order valence-electron chi connectivity index (χ2n) is 4.80. The van der Waals surface area contributed by atoms with E-state index >= 15 is 0 Å². The Morgan fingerprint density at radius 2 is 2.05 bits per heavy atom. The van der Waals surface area contributed by atoms with Crippen LogP contribution in [0.4, 0.5) is 0 Å². The predicted molar refractivity (Wildman–Crippen MR) is 75.2 cm³/mol. The molecule has 0 aliphatic heterocycles.